The van der Waals surface area contributed by atoms with Crippen molar-refractivity contribution in [2.45, 2.75) is 6.42 Å². The monoisotopic (exact) mass is 424 g/mol. The van der Waals surface area contributed by atoms with Gasteiger partial charge in [-0.15, -0.1) is 12.8 Å². The number of carbonyl (C=O) groups is 2. The highest BCUT2D eigenvalue weighted by Crippen LogP contribution is 2.25. The van der Waals surface area contributed by atoms with E-state index in [4.69, 9.17) is 31.8 Å². The second-order valence-electron chi connectivity index (χ2n) is 5.97. The van der Waals surface area contributed by atoms with Crippen molar-refractivity contribution >= 4 is 11.9 Å². The Morgan fingerprint density at radius 2 is 1.19 bits per heavy atom. The van der Waals surface area contributed by atoms with E-state index in [0.29, 0.717) is 11.5 Å². The minimum atomic E-state index is -0.772. The average Bonchev–Trinajstić information content (AvgIpc) is 2.77. The van der Waals surface area contributed by atoms with Gasteiger partial charge in [-0.3, -0.25) is 0 Å². The van der Waals surface area contributed by atoms with Crippen LogP contribution in [0, 0.1) is 24.7 Å². The number of phenols is 2. The van der Waals surface area contributed by atoms with Crippen molar-refractivity contribution in [1.29, 1.82) is 0 Å². The molecule has 2 aromatic carbocycles. The van der Waals surface area contributed by atoms with Crippen molar-refractivity contribution in [2.75, 3.05) is 26.4 Å². The van der Waals surface area contributed by atoms with Gasteiger partial charge in [0.05, 0.1) is 13.2 Å². The third kappa shape index (κ3) is 6.91. The fraction of sp³-hybridized carbons (Fsp3) is 0.217. The fourth-order valence-corrected chi connectivity index (χ4v) is 2.33. The number of rotatable bonds is 10. The number of hydrogen-bond donors (Lipinski definition) is 2. The number of ether oxygens (including phenoxy) is 4. The van der Waals surface area contributed by atoms with E-state index in [9.17, 15) is 19.8 Å². The minimum absolute atomic E-state index is 0.0130. The molecule has 0 amide bonds. The van der Waals surface area contributed by atoms with Gasteiger partial charge in [-0.25, -0.2) is 9.59 Å². The second-order valence-corrected chi connectivity index (χ2v) is 5.97. The number of carbonyl (C=O) groups excluding carboxylic acids is 2. The van der Waals surface area contributed by atoms with Gasteiger partial charge >= 0.3 is 11.9 Å². The number of aromatic hydroxyl groups is 2. The Morgan fingerprint density at radius 3 is 1.58 bits per heavy atom. The van der Waals surface area contributed by atoms with Crippen LogP contribution in [0.2, 0.25) is 0 Å². The SMILES string of the molecule is C#CCOc1ccc(O)c(C(=O)OCCCOC(=O)c2cc(OCC#C)ccc2O)c1. The molecule has 0 bridgehead atoms. The van der Waals surface area contributed by atoms with Crippen molar-refractivity contribution in [3.63, 3.8) is 0 Å². The molecule has 0 saturated heterocycles. The molecule has 0 aromatic heterocycles. The van der Waals surface area contributed by atoms with Gasteiger partial charge in [0.1, 0.15) is 47.3 Å². The molecule has 0 radical (unpaired) electrons. The molecule has 8 nitrogen and oxygen atoms in total. The van der Waals surface area contributed by atoms with E-state index < -0.39 is 11.9 Å². The molecule has 0 aliphatic carbocycles. The smallest absolute Gasteiger partial charge is 0.342 e. The summed E-state index contributed by atoms with van der Waals surface area (Å²) in [5.74, 6) is 3.12. The lowest BCUT2D eigenvalue weighted by Gasteiger charge is -2.10. The molecule has 0 unspecified atom stereocenters. The molecule has 0 atom stereocenters. The van der Waals surface area contributed by atoms with Crippen LogP contribution >= 0.6 is 0 Å². The van der Waals surface area contributed by atoms with Crippen molar-refractivity contribution in [3.8, 4) is 47.7 Å². The van der Waals surface area contributed by atoms with E-state index in [0.717, 1.165) is 0 Å². The van der Waals surface area contributed by atoms with Gasteiger partial charge in [-0.1, -0.05) is 11.8 Å². The number of esters is 2. The van der Waals surface area contributed by atoms with Crippen molar-refractivity contribution in [3.05, 3.63) is 47.5 Å². The first-order chi connectivity index (χ1) is 15.0. The number of phenolic OH excluding ortho intramolecular Hbond substituents is 2. The predicted molar refractivity (Wildman–Crippen MR) is 110 cm³/mol. The quantitative estimate of drug-likeness (QED) is 0.340. The van der Waals surface area contributed by atoms with Crippen LogP contribution in [-0.2, 0) is 9.47 Å². The van der Waals surface area contributed by atoms with Gasteiger partial charge in [-0.05, 0) is 36.4 Å². The Bertz CT molecular complexity index is 932. The van der Waals surface area contributed by atoms with E-state index in [1.165, 1.54) is 36.4 Å². The summed E-state index contributed by atoms with van der Waals surface area (Å²) < 4.78 is 20.5. The highest BCUT2D eigenvalue weighted by atomic mass is 16.5. The summed E-state index contributed by atoms with van der Waals surface area (Å²) in [6, 6.07) is 8.13. The lowest BCUT2D eigenvalue weighted by atomic mass is 10.2. The molecule has 160 valence electrons. The zero-order valence-corrected chi connectivity index (χ0v) is 16.5. The molecule has 2 N–H and O–H groups in total. The van der Waals surface area contributed by atoms with Gasteiger partial charge < -0.3 is 29.2 Å². The summed E-state index contributed by atoms with van der Waals surface area (Å²) >= 11 is 0. The molecular formula is C23H20O8. The maximum Gasteiger partial charge on any atom is 0.342 e. The zero-order valence-electron chi connectivity index (χ0n) is 16.5. The molecule has 8 heteroatoms. The van der Waals surface area contributed by atoms with Gasteiger partial charge in [-0.2, -0.15) is 0 Å². The summed E-state index contributed by atoms with van der Waals surface area (Å²) in [5.41, 5.74) is -0.166. The second kappa shape index (κ2) is 11.6. The van der Waals surface area contributed by atoms with E-state index in [2.05, 4.69) is 11.8 Å². The molecule has 2 aromatic rings. The molecule has 0 aliphatic rings. The summed E-state index contributed by atoms with van der Waals surface area (Å²) in [6.07, 6.45) is 10.4. The van der Waals surface area contributed by atoms with Gasteiger partial charge in [0, 0.05) is 6.42 Å². The molecule has 0 spiro atoms. The first-order valence-corrected chi connectivity index (χ1v) is 9.09. The van der Waals surface area contributed by atoms with Crippen molar-refractivity contribution < 1.29 is 38.7 Å². The Hall–Kier alpha value is -4.30. The van der Waals surface area contributed by atoms with Crippen molar-refractivity contribution in [2.24, 2.45) is 0 Å². The molecule has 0 heterocycles. The van der Waals surface area contributed by atoms with Gasteiger partial charge in [0.15, 0.2) is 0 Å². The highest BCUT2D eigenvalue weighted by Gasteiger charge is 2.16. The van der Waals surface area contributed by atoms with Crippen LogP contribution in [0.1, 0.15) is 27.1 Å². The Balaban J connectivity index is 1.82. The van der Waals surface area contributed by atoms with Gasteiger partial charge in [0.25, 0.3) is 0 Å². The number of hydrogen-bond acceptors (Lipinski definition) is 8. The Kier molecular flexibility index (Phi) is 8.63. The highest BCUT2D eigenvalue weighted by molar-refractivity contribution is 5.93. The van der Waals surface area contributed by atoms with Crippen LogP contribution in [0.15, 0.2) is 36.4 Å². The average molecular weight is 424 g/mol. The van der Waals surface area contributed by atoms with E-state index in [1.807, 2.05) is 0 Å². The first-order valence-electron chi connectivity index (χ1n) is 9.09. The molecule has 2 rings (SSSR count). The van der Waals surface area contributed by atoms with Crippen molar-refractivity contribution in [1.82, 2.24) is 0 Å². The first kappa shape index (κ1) is 23.0. The summed E-state index contributed by atoms with van der Waals surface area (Å²) in [5, 5.41) is 19.6. The lowest BCUT2D eigenvalue weighted by Crippen LogP contribution is -2.12. The molecular weight excluding hydrogens is 404 g/mol. The summed E-state index contributed by atoms with van der Waals surface area (Å²) in [6.45, 7) is -0.116. The predicted octanol–water partition coefficient (Wildman–Crippen LogP) is 2.53. The number of benzene rings is 2. The molecule has 31 heavy (non-hydrogen) atoms. The van der Waals surface area contributed by atoms with Crippen LogP contribution in [0.5, 0.6) is 23.0 Å². The van der Waals surface area contributed by atoms with Crippen LogP contribution in [0.25, 0.3) is 0 Å². The summed E-state index contributed by atoms with van der Waals surface area (Å²) in [4.78, 5) is 24.3. The van der Waals surface area contributed by atoms with Crippen LogP contribution < -0.4 is 9.47 Å². The van der Waals surface area contributed by atoms with E-state index in [1.54, 1.807) is 0 Å². The third-order valence-corrected chi connectivity index (χ3v) is 3.78. The van der Waals surface area contributed by atoms with Crippen LogP contribution in [0.4, 0.5) is 0 Å². The molecule has 0 saturated carbocycles. The molecule has 0 aliphatic heterocycles. The fourth-order valence-electron chi connectivity index (χ4n) is 2.33. The van der Waals surface area contributed by atoms with Crippen LogP contribution in [0.3, 0.4) is 0 Å². The lowest BCUT2D eigenvalue weighted by molar-refractivity contribution is 0.0392. The normalized spacial score (nSPS) is 9.74. The van der Waals surface area contributed by atoms with E-state index in [-0.39, 0.29) is 55.5 Å². The Morgan fingerprint density at radius 1 is 0.774 bits per heavy atom. The van der Waals surface area contributed by atoms with Crippen LogP contribution in [-0.4, -0.2) is 48.6 Å². The Labute approximate surface area is 179 Å². The zero-order chi connectivity index (χ0) is 22.6. The van der Waals surface area contributed by atoms with Gasteiger partial charge in [0.2, 0.25) is 0 Å². The number of terminal acetylenes is 2. The van der Waals surface area contributed by atoms with E-state index >= 15 is 0 Å². The largest absolute Gasteiger partial charge is 0.507 e. The topological polar surface area (TPSA) is 112 Å². The standard InChI is InChI=1S/C23H20O8/c1-3-10-28-16-6-8-20(24)18(14-16)22(26)30-12-5-13-31-23(27)19-15-17(29-11-4-2)7-9-21(19)25/h1-2,6-9,14-15,24-25H,5,10-13H2. The maximum atomic E-state index is 12.1. The minimum Gasteiger partial charge on any atom is -0.507 e. The third-order valence-electron chi connectivity index (χ3n) is 3.78. The maximum absolute atomic E-state index is 12.1. The molecule has 0 fully saturated rings. The summed E-state index contributed by atoms with van der Waals surface area (Å²) in [7, 11) is 0.